The fraction of sp³-hybridized carbons (Fsp3) is 0.760. The van der Waals surface area contributed by atoms with Gasteiger partial charge in [0, 0.05) is 18.8 Å². The van der Waals surface area contributed by atoms with Crippen LogP contribution in [-0.4, -0.2) is 44.2 Å². The molecular weight excluding hydrogens is 394 g/mol. The summed E-state index contributed by atoms with van der Waals surface area (Å²) in [7, 11) is -2.98. The minimum Gasteiger partial charge on any atom is -0.372 e. The Morgan fingerprint density at radius 2 is 1.50 bits per heavy atom. The lowest BCUT2D eigenvalue weighted by atomic mass is 9.97. The van der Waals surface area contributed by atoms with E-state index in [0.29, 0.717) is 5.75 Å². The minimum atomic E-state index is -2.98. The molecule has 0 saturated carbocycles. The maximum atomic E-state index is 12.2. The van der Waals surface area contributed by atoms with E-state index in [0.717, 1.165) is 51.6 Å². The van der Waals surface area contributed by atoms with Gasteiger partial charge in [0.05, 0.1) is 22.7 Å². The van der Waals surface area contributed by atoms with Crippen molar-refractivity contribution >= 4 is 15.5 Å². The van der Waals surface area contributed by atoms with E-state index >= 15 is 0 Å². The average Bonchev–Trinajstić information content (AvgIpc) is 2.61. The first-order valence-electron chi connectivity index (χ1n) is 11.6. The van der Waals surface area contributed by atoms with Crippen LogP contribution in [-0.2, 0) is 21.0 Å². The maximum absolute atomic E-state index is 12.2. The van der Waals surface area contributed by atoms with Gasteiger partial charge in [-0.05, 0) is 90.5 Å². The Labute approximate surface area is 185 Å². The number of ether oxygens (including phenoxy) is 1. The summed E-state index contributed by atoms with van der Waals surface area (Å²) >= 11 is 0. The van der Waals surface area contributed by atoms with Gasteiger partial charge in [0.2, 0.25) is 0 Å². The van der Waals surface area contributed by atoms with Gasteiger partial charge in [-0.3, -0.25) is 0 Å². The van der Waals surface area contributed by atoms with Crippen LogP contribution in [0.5, 0.6) is 0 Å². The largest absolute Gasteiger partial charge is 0.372 e. The van der Waals surface area contributed by atoms with Gasteiger partial charge in [-0.1, -0.05) is 25.3 Å². The third-order valence-corrected chi connectivity index (χ3v) is 8.90. The minimum absolute atomic E-state index is 0.270. The van der Waals surface area contributed by atoms with Crippen molar-refractivity contribution in [1.29, 1.82) is 0 Å². The summed E-state index contributed by atoms with van der Waals surface area (Å²) in [6.07, 6.45) is 6.86. The zero-order valence-electron chi connectivity index (χ0n) is 20.3. The quantitative estimate of drug-likeness (QED) is 0.470. The highest BCUT2D eigenvalue weighted by Gasteiger charge is 2.28. The third-order valence-electron chi connectivity index (χ3n) is 6.21. The smallest absolute Gasteiger partial charge is 0.155 e. The number of aryl methyl sites for hydroxylation is 3. The second-order valence-corrected chi connectivity index (χ2v) is 13.0. The number of nitrogens with zero attached hydrogens (tertiary/aromatic N) is 1. The predicted molar refractivity (Wildman–Crippen MR) is 128 cm³/mol. The van der Waals surface area contributed by atoms with Crippen LogP contribution < -0.4 is 4.90 Å². The number of benzene rings is 1. The molecule has 2 atom stereocenters. The lowest BCUT2D eigenvalue weighted by molar-refractivity contribution is -0.00525. The van der Waals surface area contributed by atoms with Crippen molar-refractivity contribution in [3.63, 3.8) is 0 Å². The third kappa shape index (κ3) is 6.98. The molecular formula is C25H43NO3S. The Morgan fingerprint density at radius 3 is 2.10 bits per heavy atom. The van der Waals surface area contributed by atoms with Crippen LogP contribution in [0.25, 0.3) is 0 Å². The van der Waals surface area contributed by atoms with Crippen molar-refractivity contribution in [1.82, 2.24) is 0 Å². The van der Waals surface area contributed by atoms with Crippen LogP contribution in [0.15, 0.2) is 12.1 Å². The molecule has 5 heteroatoms. The van der Waals surface area contributed by atoms with Gasteiger partial charge in [-0.15, -0.1) is 0 Å². The van der Waals surface area contributed by atoms with Gasteiger partial charge in [-0.25, -0.2) is 8.42 Å². The lowest BCUT2D eigenvalue weighted by Gasteiger charge is -2.38. The Balaban J connectivity index is 1.79. The zero-order valence-corrected chi connectivity index (χ0v) is 21.1. The summed E-state index contributed by atoms with van der Waals surface area (Å²) < 4.78 is 29.6. The van der Waals surface area contributed by atoms with Crippen molar-refractivity contribution in [3.8, 4) is 0 Å². The first-order chi connectivity index (χ1) is 13.9. The molecule has 0 aromatic heterocycles. The number of anilines is 1. The second-order valence-electron chi connectivity index (χ2n) is 10.2. The van der Waals surface area contributed by atoms with E-state index in [2.05, 4.69) is 44.7 Å². The van der Waals surface area contributed by atoms with Gasteiger partial charge >= 0.3 is 0 Å². The number of unbranched alkanes of at least 4 members (excludes halogenated alkanes) is 4. The fourth-order valence-electron chi connectivity index (χ4n) is 4.29. The molecule has 0 N–H and O–H groups in total. The van der Waals surface area contributed by atoms with Crippen molar-refractivity contribution < 1.29 is 13.2 Å². The number of rotatable bonds is 9. The molecule has 0 spiro atoms. The fourth-order valence-corrected chi connectivity index (χ4v) is 5.49. The van der Waals surface area contributed by atoms with Gasteiger partial charge in [-0.2, -0.15) is 0 Å². The monoisotopic (exact) mass is 437 g/mol. The highest BCUT2D eigenvalue weighted by molar-refractivity contribution is 7.92. The molecule has 1 aliphatic heterocycles. The highest BCUT2D eigenvalue weighted by atomic mass is 32.2. The molecule has 1 aliphatic rings. The van der Waals surface area contributed by atoms with Crippen LogP contribution >= 0.6 is 0 Å². The van der Waals surface area contributed by atoms with Crippen LogP contribution in [0.2, 0.25) is 0 Å². The van der Waals surface area contributed by atoms with Gasteiger partial charge in [0.1, 0.15) is 0 Å². The van der Waals surface area contributed by atoms with Crippen LogP contribution in [0.4, 0.5) is 5.69 Å². The zero-order chi connectivity index (χ0) is 22.5. The van der Waals surface area contributed by atoms with Crippen LogP contribution in [0, 0.1) is 13.8 Å². The molecule has 0 radical (unpaired) electrons. The van der Waals surface area contributed by atoms with Gasteiger partial charge < -0.3 is 9.64 Å². The Morgan fingerprint density at radius 1 is 0.933 bits per heavy atom. The topological polar surface area (TPSA) is 46.6 Å². The number of hydrogen-bond acceptors (Lipinski definition) is 4. The van der Waals surface area contributed by atoms with E-state index in [4.69, 9.17) is 4.74 Å². The molecule has 0 bridgehead atoms. The number of sulfone groups is 1. The number of hydrogen-bond donors (Lipinski definition) is 0. The first-order valence-corrected chi connectivity index (χ1v) is 13.3. The summed E-state index contributed by atoms with van der Waals surface area (Å²) in [6.45, 7) is 16.0. The van der Waals surface area contributed by atoms with E-state index in [1.165, 1.54) is 22.4 Å². The van der Waals surface area contributed by atoms with Crippen molar-refractivity contribution in [3.05, 3.63) is 28.8 Å². The molecule has 1 fully saturated rings. The van der Waals surface area contributed by atoms with Crippen molar-refractivity contribution in [2.45, 2.75) is 104 Å². The molecule has 1 heterocycles. The van der Waals surface area contributed by atoms with E-state index < -0.39 is 14.6 Å². The highest BCUT2D eigenvalue weighted by Crippen LogP contribution is 2.28. The van der Waals surface area contributed by atoms with E-state index in [1.807, 2.05) is 0 Å². The molecule has 0 aliphatic carbocycles. The average molecular weight is 438 g/mol. The van der Waals surface area contributed by atoms with Crippen LogP contribution in [0.3, 0.4) is 0 Å². The molecule has 0 unspecified atom stereocenters. The molecule has 1 aromatic rings. The maximum Gasteiger partial charge on any atom is 0.155 e. The number of morpholine rings is 1. The Hall–Kier alpha value is -1.07. The summed E-state index contributed by atoms with van der Waals surface area (Å²) in [5.41, 5.74) is 5.52. The summed E-state index contributed by atoms with van der Waals surface area (Å²) in [4.78, 5) is 2.47. The SMILES string of the molecule is Cc1cc(N2C[C@@H](C)O[C@@H](C)C2)c(C)cc1CCCCCCCS(=O)(=O)C(C)(C)C. The second kappa shape index (κ2) is 10.5. The Kier molecular flexibility index (Phi) is 8.81. The summed E-state index contributed by atoms with van der Waals surface area (Å²) in [5, 5.41) is 0. The van der Waals surface area contributed by atoms with Gasteiger partial charge in [0.25, 0.3) is 0 Å². The van der Waals surface area contributed by atoms with Crippen molar-refractivity contribution in [2.75, 3.05) is 23.7 Å². The first kappa shape index (κ1) is 25.2. The standard InChI is InChI=1S/C25H43NO3S/c1-19-16-24(26-17-21(3)29-22(4)18-26)20(2)15-23(19)13-11-9-8-10-12-14-30(27,28)25(5,6)7/h15-16,21-22H,8-14,17-18H2,1-7H3/t21-,22+. The van der Waals surface area contributed by atoms with E-state index in [-0.39, 0.29) is 12.2 Å². The molecule has 30 heavy (non-hydrogen) atoms. The van der Waals surface area contributed by atoms with E-state index in [1.54, 1.807) is 20.8 Å². The van der Waals surface area contributed by atoms with Crippen molar-refractivity contribution in [2.24, 2.45) is 0 Å². The van der Waals surface area contributed by atoms with E-state index in [9.17, 15) is 8.42 Å². The molecule has 1 saturated heterocycles. The molecule has 1 aromatic carbocycles. The molecule has 4 nitrogen and oxygen atoms in total. The summed E-state index contributed by atoms with van der Waals surface area (Å²) in [6, 6.07) is 4.72. The van der Waals surface area contributed by atoms with Crippen LogP contribution in [0.1, 0.15) is 83.4 Å². The molecule has 172 valence electrons. The predicted octanol–water partition coefficient (Wildman–Crippen LogP) is 5.62. The normalized spacial score (nSPS) is 20.6. The van der Waals surface area contributed by atoms with Gasteiger partial charge in [0.15, 0.2) is 9.84 Å². The molecule has 0 amide bonds. The molecule has 2 rings (SSSR count). The lowest BCUT2D eigenvalue weighted by Crippen LogP contribution is -2.45. The Bertz CT molecular complexity index is 785. The summed E-state index contributed by atoms with van der Waals surface area (Å²) in [5.74, 6) is 0.315.